The van der Waals surface area contributed by atoms with Crippen molar-refractivity contribution in [2.45, 2.75) is 64.6 Å². The van der Waals surface area contributed by atoms with Gasteiger partial charge in [-0.1, -0.05) is 0 Å². The van der Waals surface area contributed by atoms with Crippen LogP contribution in [0.2, 0.25) is 0 Å². The van der Waals surface area contributed by atoms with Crippen molar-refractivity contribution < 1.29 is 19.0 Å². The van der Waals surface area contributed by atoms with Crippen LogP contribution in [-0.2, 0) is 14.2 Å². The molecular weight excluding hydrogens is 499 g/mol. The highest BCUT2D eigenvalue weighted by molar-refractivity contribution is 14.0. The number of hydrogen-bond acceptors (Lipinski definition) is 5. The molecule has 0 spiro atoms. The lowest BCUT2D eigenvalue weighted by molar-refractivity contribution is 0.0168. The van der Waals surface area contributed by atoms with Gasteiger partial charge in [-0.25, -0.2) is 4.79 Å². The molecule has 2 aliphatic rings. The first-order chi connectivity index (χ1) is 13.9. The summed E-state index contributed by atoms with van der Waals surface area (Å²) in [5.41, 5.74) is -0.441. The molecule has 2 aliphatic heterocycles. The number of nitrogens with one attached hydrogen (secondary N) is 2. The minimum absolute atomic E-state index is 0. The summed E-state index contributed by atoms with van der Waals surface area (Å²) in [5.74, 6) is 1.35. The van der Waals surface area contributed by atoms with Gasteiger partial charge in [0, 0.05) is 46.4 Å². The van der Waals surface area contributed by atoms with E-state index in [2.05, 4.69) is 15.6 Å². The summed E-state index contributed by atoms with van der Waals surface area (Å²) >= 11 is 0. The number of amides is 1. The average molecular weight is 540 g/mol. The summed E-state index contributed by atoms with van der Waals surface area (Å²) in [7, 11) is 1.79. The second-order valence-electron chi connectivity index (χ2n) is 8.85. The Kier molecular flexibility index (Phi) is 13.0. The molecular formula is C21H41IN4O4. The van der Waals surface area contributed by atoms with Crippen LogP contribution >= 0.6 is 24.0 Å². The van der Waals surface area contributed by atoms with Crippen molar-refractivity contribution in [3.05, 3.63) is 0 Å². The number of rotatable bonds is 8. The van der Waals surface area contributed by atoms with Gasteiger partial charge in [-0.15, -0.1) is 24.0 Å². The van der Waals surface area contributed by atoms with Crippen molar-refractivity contribution in [1.29, 1.82) is 0 Å². The zero-order valence-electron chi connectivity index (χ0n) is 19.1. The number of guanidine groups is 1. The topological polar surface area (TPSA) is 84.4 Å². The predicted octanol–water partition coefficient (Wildman–Crippen LogP) is 3.00. The number of aliphatic imine (C=N–C) groups is 1. The molecule has 0 radical (unpaired) electrons. The van der Waals surface area contributed by atoms with Crippen LogP contribution in [0, 0.1) is 5.92 Å². The Morgan fingerprint density at radius 3 is 2.53 bits per heavy atom. The third-order valence-electron chi connectivity index (χ3n) is 5.13. The van der Waals surface area contributed by atoms with Crippen LogP contribution in [0.1, 0.15) is 52.9 Å². The molecule has 0 bridgehead atoms. The third-order valence-corrected chi connectivity index (χ3v) is 5.13. The third kappa shape index (κ3) is 11.0. The Morgan fingerprint density at radius 1 is 1.20 bits per heavy atom. The summed E-state index contributed by atoms with van der Waals surface area (Å²) in [4.78, 5) is 18.2. The van der Waals surface area contributed by atoms with Crippen LogP contribution in [0.3, 0.4) is 0 Å². The molecule has 0 saturated carbocycles. The lowest BCUT2D eigenvalue weighted by Gasteiger charge is -2.33. The van der Waals surface area contributed by atoms with Crippen LogP contribution in [0.4, 0.5) is 4.79 Å². The van der Waals surface area contributed by atoms with Crippen molar-refractivity contribution in [2.24, 2.45) is 10.9 Å². The Labute approximate surface area is 198 Å². The standard InChI is InChI=1S/C21H40N4O4.HI/c1-21(2,3)29-20(26)25-11-8-17(9-12-25)15-24-19(22-4)23-10-6-13-27-16-18-7-5-14-28-18;/h17-18H,5-16H2,1-4H3,(H2,22,23,24);1H. The van der Waals surface area contributed by atoms with E-state index in [-0.39, 0.29) is 30.1 Å². The van der Waals surface area contributed by atoms with Gasteiger partial charge in [0.1, 0.15) is 5.60 Å². The number of carbonyl (C=O) groups excluding carboxylic acids is 1. The van der Waals surface area contributed by atoms with E-state index in [0.29, 0.717) is 18.6 Å². The molecule has 1 atom stereocenters. The maximum Gasteiger partial charge on any atom is 0.410 e. The molecule has 0 aromatic carbocycles. The van der Waals surface area contributed by atoms with Gasteiger partial charge in [0.05, 0.1) is 12.7 Å². The summed E-state index contributed by atoms with van der Waals surface area (Å²) in [6, 6.07) is 0. The second-order valence-corrected chi connectivity index (χ2v) is 8.85. The fourth-order valence-electron chi connectivity index (χ4n) is 3.48. The molecule has 176 valence electrons. The minimum atomic E-state index is -0.441. The number of halogens is 1. The smallest absolute Gasteiger partial charge is 0.410 e. The highest BCUT2D eigenvalue weighted by atomic mass is 127. The lowest BCUT2D eigenvalue weighted by atomic mass is 9.97. The zero-order chi connectivity index (χ0) is 21.1. The van der Waals surface area contributed by atoms with Crippen LogP contribution in [0.5, 0.6) is 0 Å². The fourth-order valence-corrected chi connectivity index (χ4v) is 3.48. The van der Waals surface area contributed by atoms with Crippen LogP contribution in [0.15, 0.2) is 4.99 Å². The molecule has 0 aromatic rings. The Balaban J connectivity index is 0.00000450. The zero-order valence-corrected chi connectivity index (χ0v) is 21.4. The molecule has 2 fully saturated rings. The molecule has 30 heavy (non-hydrogen) atoms. The fraction of sp³-hybridized carbons (Fsp3) is 0.905. The number of nitrogens with zero attached hydrogens (tertiary/aromatic N) is 2. The Hall–Kier alpha value is -0.810. The molecule has 1 amide bonds. The second kappa shape index (κ2) is 14.3. The number of ether oxygens (including phenoxy) is 3. The monoisotopic (exact) mass is 540 g/mol. The van der Waals surface area contributed by atoms with E-state index < -0.39 is 5.60 Å². The molecule has 2 N–H and O–H groups in total. The highest BCUT2D eigenvalue weighted by Gasteiger charge is 2.26. The predicted molar refractivity (Wildman–Crippen MR) is 130 cm³/mol. The van der Waals surface area contributed by atoms with E-state index >= 15 is 0 Å². The van der Waals surface area contributed by atoms with Crippen LogP contribution in [-0.4, -0.2) is 81.7 Å². The number of likely N-dealkylation sites (tertiary alicyclic amines) is 1. The van der Waals surface area contributed by atoms with Crippen molar-refractivity contribution in [3.8, 4) is 0 Å². The molecule has 2 rings (SSSR count). The summed E-state index contributed by atoms with van der Waals surface area (Å²) in [6.45, 7) is 11.2. The molecule has 1 unspecified atom stereocenters. The van der Waals surface area contributed by atoms with Crippen LogP contribution < -0.4 is 10.6 Å². The van der Waals surface area contributed by atoms with E-state index in [1.807, 2.05) is 25.7 Å². The van der Waals surface area contributed by atoms with E-state index in [9.17, 15) is 4.79 Å². The highest BCUT2D eigenvalue weighted by Crippen LogP contribution is 2.19. The molecule has 8 nitrogen and oxygen atoms in total. The van der Waals surface area contributed by atoms with Crippen LogP contribution in [0.25, 0.3) is 0 Å². The van der Waals surface area contributed by atoms with E-state index in [1.165, 1.54) is 0 Å². The first kappa shape index (κ1) is 27.2. The van der Waals surface area contributed by atoms with E-state index in [1.54, 1.807) is 7.05 Å². The first-order valence-electron chi connectivity index (χ1n) is 11.0. The quantitative estimate of drug-likeness (QED) is 0.213. The molecule has 2 heterocycles. The maximum absolute atomic E-state index is 12.1. The van der Waals surface area contributed by atoms with Crippen molar-refractivity contribution in [1.82, 2.24) is 15.5 Å². The maximum atomic E-state index is 12.1. The van der Waals surface area contributed by atoms with E-state index in [0.717, 1.165) is 77.5 Å². The van der Waals surface area contributed by atoms with Gasteiger partial charge in [-0.05, 0) is 58.8 Å². The summed E-state index contributed by atoms with van der Waals surface area (Å²) in [6.07, 6.45) is 5.23. The Bertz CT molecular complexity index is 514. The van der Waals surface area contributed by atoms with Gasteiger partial charge in [0.15, 0.2) is 5.96 Å². The summed E-state index contributed by atoms with van der Waals surface area (Å²) in [5, 5.41) is 6.73. The number of piperidine rings is 1. The number of hydrogen-bond donors (Lipinski definition) is 2. The van der Waals surface area contributed by atoms with Gasteiger partial charge < -0.3 is 29.7 Å². The first-order valence-corrected chi connectivity index (χ1v) is 11.0. The van der Waals surface area contributed by atoms with Gasteiger partial charge >= 0.3 is 6.09 Å². The van der Waals surface area contributed by atoms with Gasteiger partial charge in [-0.2, -0.15) is 0 Å². The lowest BCUT2D eigenvalue weighted by Crippen LogP contribution is -2.45. The average Bonchev–Trinajstić information content (AvgIpc) is 3.19. The van der Waals surface area contributed by atoms with Gasteiger partial charge in [-0.3, -0.25) is 4.99 Å². The molecule has 0 aliphatic carbocycles. The number of carbonyl (C=O) groups is 1. The van der Waals surface area contributed by atoms with Crippen molar-refractivity contribution in [3.63, 3.8) is 0 Å². The van der Waals surface area contributed by atoms with E-state index in [4.69, 9.17) is 14.2 Å². The molecule has 0 aromatic heterocycles. The summed E-state index contributed by atoms with van der Waals surface area (Å²) < 4.78 is 16.7. The minimum Gasteiger partial charge on any atom is -0.444 e. The van der Waals surface area contributed by atoms with Crippen molar-refractivity contribution >= 4 is 36.0 Å². The normalized spacial score (nSPS) is 20.6. The molecule has 2 saturated heterocycles. The van der Waals surface area contributed by atoms with Crippen molar-refractivity contribution in [2.75, 3.05) is 53.0 Å². The molecule has 9 heteroatoms. The Morgan fingerprint density at radius 2 is 1.93 bits per heavy atom. The van der Waals surface area contributed by atoms with Gasteiger partial charge in [0.25, 0.3) is 0 Å². The van der Waals surface area contributed by atoms with Gasteiger partial charge in [0.2, 0.25) is 0 Å². The SMILES string of the molecule is CN=C(NCCCOCC1CCCO1)NCC1CCN(C(=O)OC(C)(C)C)CC1.I. The largest absolute Gasteiger partial charge is 0.444 e.